The van der Waals surface area contributed by atoms with Crippen LogP contribution in [0, 0.1) is 0 Å². The Balaban J connectivity index is 2.16. The van der Waals surface area contributed by atoms with Crippen LogP contribution in [0.5, 0.6) is 0 Å². The minimum absolute atomic E-state index is 0.228. The molecule has 0 bridgehead atoms. The maximum Gasteiger partial charge on any atom is 0.163 e. The van der Waals surface area contributed by atoms with E-state index in [-0.39, 0.29) is 5.78 Å². The Morgan fingerprint density at radius 1 is 0.944 bits per heavy atom. The van der Waals surface area contributed by atoms with Gasteiger partial charge in [-0.2, -0.15) is 0 Å². The Kier molecular flexibility index (Phi) is 7.54. The molecule has 0 heterocycles. The third kappa shape index (κ3) is 6.19. The van der Waals surface area contributed by atoms with Crippen molar-refractivity contribution in [2.45, 2.75) is 39.0 Å². The first-order valence-corrected chi connectivity index (χ1v) is 6.73. The van der Waals surface area contributed by atoms with Crippen LogP contribution in [0.25, 0.3) is 0 Å². The summed E-state index contributed by atoms with van der Waals surface area (Å²) in [5.74, 6) is 0.228. The molecule has 0 aliphatic carbocycles. The molecule has 0 radical (unpaired) electrons. The van der Waals surface area contributed by atoms with E-state index in [1.165, 1.54) is 0 Å². The van der Waals surface area contributed by atoms with Gasteiger partial charge >= 0.3 is 0 Å². The summed E-state index contributed by atoms with van der Waals surface area (Å²) in [7, 11) is 0. The standard InChI is InChI=1S/C17H22O/c1-2-3-4-5-6-7-8-12-15-17(18)16-13-10-9-11-14-16/h3-4,7-11,13-14H,2,5-6,12,15H2,1H3/b4-3-,8-7+. The van der Waals surface area contributed by atoms with Crippen molar-refractivity contribution in [2.24, 2.45) is 0 Å². The third-order valence-electron chi connectivity index (χ3n) is 2.70. The second-order valence-electron chi connectivity index (χ2n) is 4.26. The second kappa shape index (κ2) is 9.41. The number of rotatable bonds is 8. The van der Waals surface area contributed by atoms with Gasteiger partial charge in [-0.15, -0.1) is 0 Å². The molecule has 0 aromatic heterocycles. The Labute approximate surface area is 110 Å². The first-order valence-electron chi connectivity index (χ1n) is 6.73. The molecular weight excluding hydrogens is 220 g/mol. The zero-order valence-corrected chi connectivity index (χ0v) is 11.1. The number of Topliss-reactive ketones (excluding diaryl/α,β-unsaturated/α-hetero) is 1. The first-order chi connectivity index (χ1) is 8.84. The number of carbonyl (C=O) groups is 1. The van der Waals surface area contributed by atoms with Crippen molar-refractivity contribution < 1.29 is 4.79 Å². The molecular formula is C17H22O. The van der Waals surface area contributed by atoms with Crippen molar-refractivity contribution >= 4 is 5.78 Å². The molecule has 96 valence electrons. The van der Waals surface area contributed by atoms with Gasteiger partial charge in [-0.05, 0) is 25.7 Å². The van der Waals surface area contributed by atoms with Gasteiger partial charge in [-0.1, -0.05) is 61.6 Å². The van der Waals surface area contributed by atoms with Crippen LogP contribution in [0.1, 0.15) is 49.4 Å². The number of ketones is 1. The average molecular weight is 242 g/mol. The van der Waals surface area contributed by atoms with E-state index in [4.69, 9.17) is 0 Å². The Morgan fingerprint density at radius 2 is 1.56 bits per heavy atom. The molecule has 0 aliphatic rings. The topological polar surface area (TPSA) is 17.1 Å². The highest BCUT2D eigenvalue weighted by Crippen LogP contribution is 2.06. The number of hydrogen-bond donors (Lipinski definition) is 0. The lowest BCUT2D eigenvalue weighted by Crippen LogP contribution is -1.97. The van der Waals surface area contributed by atoms with Crippen molar-refractivity contribution in [1.29, 1.82) is 0 Å². The summed E-state index contributed by atoms with van der Waals surface area (Å²) in [6, 6.07) is 9.50. The molecule has 0 amide bonds. The SMILES string of the molecule is CC/C=C\CC/C=C/CCC(=O)c1ccccc1. The largest absolute Gasteiger partial charge is 0.294 e. The van der Waals surface area contributed by atoms with Crippen LogP contribution in [0.15, 0.2) is 54.6 Å². The van der Waals surface area contributed by atoms with Crippen molar-refractivity contribution in [3.63, 3.8) is 0 Å². The number of benzene rings is 1. The second-order valence-corrected chi connectivity index (χ2v) is 4.26. The lowest BCUT2D eigenvalue weighted by atomic mass is 10.1. The Bertz CT molecular complexity index is 387. The van der Waals surface area contributed by atoms with E-state index in [1.54, 1.807) is 0 Å². The van der Waals surface area contributed by atoms with Crippen LogP contribution in [0.3, 0.4) is 0 Å². The Morgan fingerprint density at radius 3 is 2.22 bits per heavy atom. The van der Waals surface area contributed by atoms with Crippen LogP contribution in [-0.2, 0) is 0 Å². The molecule has 0 aliphatic heterocycles. The normalized spacial score (nSPS) is 11.4. The molecule has 1 aromatic carbocycles. The maximum atomic E-state index is 11.8. The molecule has 1 heteroatoms. The van der Waals surface area contributed by atoms with Crippen LogP contribution in [0.4, 0.5) is 0 Å². The number of carbonyl (C=O) groups excluding carboxylic acids is 1. The van der Waals surface area contributed by atoms with Gasteiger partial charge in [0.2, 0.25) is 0 Å². The predicted octanol–water partition coefficient (Wildman–Crippen LogP) is 4.95. The fraction of sp³-hybridized carbons (Fsp3) is 0.353. The highest BCUT2D eigenvalue weighted by atomic mass is 16.1. The smallest absolute Gasteiger partial charge is 0.163 e. The molecule has 0 fully saturated rings. The summed E-state index contributed by atoms with van der Waals surface area (Å²) >= 11 is 0. The minimum Gasteiger partial charge on any atom is -0.294 e. The zero-order chi connectivity index (χ0) is 13.1. The summed E-state index contributed by atoms with van der Waals surface area (Å²) < 4.78 is 0. The summed E-state index contributed by atoms with van der Waals surface area (Å²) in [6.07, 6.45) is 13.4. The zero-order valence-electron chi connectivity index (χ0n) is 11.1. The number of hydrogen-bond acceptors (Lipinski definition) is 1. The highest BCUT2D eigenvalue weighted by Gasteiger charge is 2.02. The van der Waals surface area contributed by atoms with Gasteiger partial charge in [0, 0.05) is 12.0 Å². The lowest BCUT2D eigenvalue weighted by Gasteiger charge is -1.97. The van der Waals surface area contributed by atoms with Gasteiger partial charge in [-0.25, -0.2) is 0 Å². The molecule has 0 saturated carbocycles. The molecule has 1 aromatic rings. The fourth-order valence-electron chi connectivity index (χ4n) is 1.70. The molecule has 18 heavy (non-hydrogen) atoms. The Hall–Kier alpha value is -1.63. The van der Waals surface area contributed by atoms with Gasteiger partial charge in [0.1, 0.15) is 0 Å². The quantitative estimate of drug-likeness (QED) is 0.358. The molecule has 1 nitrogen and oxygen atoms in total. The van der Waals surface area contributed by atoms with Crippen LogP contribution >= 0.6 is 0 Å². The van der Waals surface area contributed by atoms with Gasteiger partial charge in [0.25, 0.3) is 0 Å². The van der Waals surface area contributed by atoms with Gasteiger partial charge in [-0.3, -0.25) is 4.79 Å². The summed E-state index contributed by atoms with van der Waals surface area (Å²) in [5.41, 5.74) is 0.816. The van der Waals surface area contributed by atoms with E-state index in [1.807, 2.05) is 30.3 Å². The predicted molar refractivity (Wildman–Crippen MR) is 77.8 cm³/mol. The summed E-state index contributed by atoms with van der Waals surface area (Å²) in [6.45, 7) is 2.14. The molecule has 0 atom stereocenters. The number of allylic oxidation sites excluding steroid dienone is 4. The molecule has 0 saturated heterocycles. The first kappa shape index (κ1) is 14.4. The third-order valence-corrected chi connectivity index (χ3v) is 2.70. The summed E-state index contributed by atoms with van der Waals surface area (Å²) in [5, 5.41) is 0. The van der Waals surface area contributed by atoms with E-state index in [0.717, 1.165) is 31.2 Å². The molecule has 0 spiro atoms. The van der Waals surface area contributed by atoms with E-state index in [0.29, 0.717) is 6.42 Å². The molecule has 0 unspecified atom stereocenters. The van der Waals surface area contributed by atoms with E-state index < -0.39 is 0 Å². The van der Waals surface area contributed by atoms with E-state index in [9.17, 15) is 4.79 Å². The van der Waals surface area contributed by atoms with Crippen molar-refractivity contribution in [3.8, 4) is 0 Å². The van der Waals surface area contributed by atoms with Crippen molar-refractivity contribution in [2.75, 3.05) is 0 Å². The van der Waals surface area contributed by atoms with Crippen LogP contribution in [-0.4, -0.2) is 5.78 Å². The van der Waals surface area contributed by atoms with Crippen LogP contribution < -0.4 is 0 Å². The monoisotopic (exact) mass is 242 g/mol. The maximum absolute atomic E-state index is 11.8. The average Bonchev–Trinajstić information content (AvgIpc) is 2.42. The van der Waals surface area contributed by atoms with Crippen molar-refractivity contribution in [3.05, 3.63) is 60.2 Å². The lowest BCUT2D eigenvalue weighted by molar-refractivity contribution is 0.0983. The van der Waals surface area contributed by atoms with Gasteiger partial charge in [0.15, 0.2) is 5.78 Å². The van der Waals surface area contributed by atoms with Gasteiger partial charge in [0.05, 0.1) is 0 Å². The number of unbranched alkanes of at least 4 members (excludes halogenated alkanes) is 1. The van der Waals surface area contributed by atoms with E-state index >= 15 is 0 Å². The molecule has 1 rings (SSSR count). The van der Waals surface area contributed by atoms with Crippen molar-refractivity contribution in [1.82, 2.24) is 0 Å². The summed E-state index contributed by atoms with van der Waals surface area (Å²) in [4.78, 5) is 11.8. The fourth-order valence-corrected chi connectivity index (χ4v) is 1.70. The highest BCUT2D eigenvalue weighted by molar-refractivity contribution is 5.96. The minimum atomic E-state index is 0.228. The van der Waals surface area contributed by atoms with Crippen LogP contribution in [0.2, 0.25) is 0 Å². The van der Waals surface area contributed by atoms with E-state index in [2.05, 4.69) is 31.2 Å². The van der Waals surface area contributed by atoms with Gasteiger partial charge < -0.3 is 0 Å². The molecule has 0 N–H and O–H groups in total.